The molecule has 3 rings (SSSR count). The maximum Gasteiger partial charge on any atom is 0.378 e. The van der Waals surface area contributed by atoms with Crippen molar-refractivity contribution in [2.24, 2.45) is 4.99 Å². The first kappa shape index (κ1) is 17.9. The molecule has 132 valence electrons. The quantitative estimate of drug-likeness (QED) is 0.320. The van der Waals surface area contributed by atoms with E-state index in [-0.39, 0.29) is 23.4 Å². The number of hydrogen-bond donors (Lipinski definition) is 0. The average molecular weight is 418 g/mol. The van der Waals surface area contributed by atoms with Crippen molar-refractivity contribution < 1.29 is 19.2 Å². The van der Waals surface area contributed by atoms with E-state index >= 15 is 0 Å². The summed E-state index contributed by atoms with van der Waals surface area (Å²) < 4.78 is 5.25. The van der Waals surface area contributed by atoms with Crippen LogP contribution in [-0.4, -0.2) is 34.5 Å². The Morgan fingerprint density at radius 3 is 2.81 bits per heavy atom. The van der Waals surface area contributed by atoms with E-state index < -0.39 is 22.2 Å². The number of pyridine rings is 1. The normalized spacial score (nSPS) is 18.2. The first-order valence-electron chi connectivity index (χ1n) is 7.59. The zero-order chi connectivity index (χ0) is 18.9. The number of rotatable bonds is 5. The molecule has 1 unspecified atom stereocenters. The van der Waals surface area contributed by atoms with Crippen molar-refractivity contribution in [1.82, 2.24) is 4.98 Å². The van der Waals surface area contributed by atoms with Crippen LogP contribution in [0.1, 0.15) is 12.5 Å². The van der Waals surface area contributed by atoms with Crippen LogP contribution in [0.2, 0.25) is 0 Å². The summed E-state index contributed by atoms with van der Waals surface area (Å²) in [6, 6.07) is 4.64. The molecule has 0 amide bonds. The molecule has 0 spiro atoms. The number of esters is 1. The second-order valence-electron chi connectivity index (χ2n) is 5.36. The molecule has 26 heavy (non-hydrogen) atoms. The molecular weight excluding hydrogens is 406 g/mol. The van der Waals surface area contributed by atoms with E-state index in [2.05, 4.69) is 25.9 Å². The molecule has 1 aromatic carbocycles. The lowest BCUT2D eigenvalue weighted by molar-refractivity contribution is -0.385. The van der Waals surface area contributed by atoms with Gasteiger partial charge in [0.2, 0.25) is 0 Å². The lowest BCUT2D eigenvalue weighted by atomic mass is 9.83. The van der Waals surface area contributed by atoms with E-state index in [0.717, 1.165) is 0 Å². The summed E-state index contributed by atoms with van der Waals surface area (Å²) >= 11 is 3.29. The number of nitrogens with zero attached hydrogens (tertiary/aromatic N) is 3. The van der Waals surface area contributed by atoms with Gasteiger partial charge >= 0.3 is 5.97 Å². The highest BCUT2D eigenvalue weighted by molar-refractivity contribution is 9.10. The molecule has 8 nitrogen and oxygen atoms in total. The lowest BCUT2D eigenvalue weighted by Crippen LogP contribution is -2.38. The molecular formula is C17H12BrN3O5. The predicted molar refractivity (Wildman–Crippen MR) is 97.0 cm³/mol. The van der Waals surface area contributed by atoms with Gasteiger partial charge < -0.3 is 4.74 Å². The van der Waals surface area contributed by atoms with Crippen molar-refractivity contribution in [3.05, 3.63) is 56.7 Å². The molecule has 0 bridgehead atoms. The van der Waals surface area contributed by atoms with Crippen LogP contribution < -0.4 is 0 Å². The Morgan fingerprint density at radius 2 is 2.19 bits per heavy atom. The number of aliphatic imine (C=N–C) groups is 1. The van der Waals surface area contributed by atoms with Crippen LogP contribution in [0, 0.1) is 10.1 Å². The standard InChI is InChI=1S/C17H12BrN3O5/c1-2-26-16(23)15(22)17(6-4-8-20-17)13-12(21(24)25)9-11(18)10-5-3-7-19-14(10)13/h3-9H,2H2,1H3. The fourth-order valence-corrected chi connectivity index (χ4v) is 3.38. The van der Waals surface area contributed by atoms with Crippen molar-refractivity contribution in [1.29, 1.82) is 0 Å². The van der Waals surface area contributed by atoms with Gasteiger partial charge in [-0.3, -0.25) is 24.9 Å². The van der Waals surface area contributed by atoms with E-state index in [9.17, 15) is 19.7 Å². The number of benzene rings is 1. The fraction of sp³-hybridized carbons (Fsp3) is 0.176. The third-order valence-corrected chi connectivity index (χ3v) is 4.56. The smallest absolute Gasteiger partial charge is 0.378 e. The van der Waals surface area contributed by atoms with Crippen LogP contribution >= 0.6 is 15.9 Å². The van der Waals surface area contributed by atoms with E-state index in [1.807, 2.05) is 0 Å². The molecule has 0 aliphatic carbocycles. The minimum atomic E-state index is -1.89. The Hall–Kier alpha value is -2.94. The van der Waals surface area contributed by atoms with Crippen molar-refractivity contribution in [3.63, 3.8) is 0 Å². The summed E-state index contributed by atoms with van der Waals surface area (Å²) in [4.78, 5) is 44.4. The summed E-state index contributed by atoms with van der Waals surface area (Å²) in [7, 11) is 0. The molecule has 2 heterocycles. The minimum absolute atomic E-state index is 0.00445. The molecule has 1 aromatic heterocycles. The SMILES string of the molecule is CCOC(=O)C(=O)C1(c2c([N+](=O)[O-])cc(Br)c3cccnc23)C=CC=N1. The number of aromatic nitrogens is 1. The number of halogens is 1. The minimum Gasteiger partial charge on any atom is -0.460 e. The fourth-order valence-electron chi connectivity index (χ4n) is 2.84. The first-order chi connectivity index (χ1) is 12.4. The van der Waals surface area contributed by atoms with Crippen LogP contribution in [0.3, 0.4) is 0 Å². The van der Waals surface area contributed by atoms with Gasteiger partial charge in [-0.25, -0.2) is 4.79 Å². The second-order valence-corrected chi connectivity index (χ2v) is 6.22. The second kappa shape index (κ2) is 6.75. The third kappa shape index (κ3) is 2.70. The number of nitro benzene ring substituents is 1. The van der Waals surface area contributed by atoms with Crippen molar-refractivity contribution >= 4 is 50.5 Å². The van der Waals surface area contributed by atoms with Gasteiger partial charge in [0.15, 0.2) is 5.54 Å². The Labute approximate surface area is 155 Å². The van der Waals surface area contributed by atoms with E-state index in [1.54, 1.807) is 19.1 Å². The molecule has 0 fully saturated rings. The number of allylic oxidation sites excluding steroid dienone is 1. The van der Waals surface area contributed by atoms with Crippen molar-refractivity contribution in [2.75, 3.05) is 6.61 Å². The predicted octanol–water partition coefficient (Wildman–Crippen LogP) is 2.87. The Balaban J connectivity index is 2.39. The molecule has 0 radical (unpaired) electrons. The monoisotopic (exact) mass is 417 g/mol. The molecule has 1 aliphatic rings. The van der Waals surface area contributed by atoms with E-state index in [0.29, 0.717) is 9.86 Å². The summed E-state index contributed by atoms with van der Waals surface area (Å²) in [5.41, 5.74) is -2.12. The van der Waals surface area contributed by atoms with Gasteiger partial charge in [-0.1, -0.05) is 6.07 Å². The average Bonchev–Trinajstić information content (AvgIpc) is 3.11. The third-order valence-electron chi connectivity index (χ3n) is 3.91. The largest absolute Gasteiger partial charge is 0.460 e. The molecule has 0 saturated heterocycles. The highest BCUT2D eigenvalue weighted by Gasteiger charge is 2.49. The summed E-state index contributed by atoms with van der Waals surface area (Å²) in [5.74, 6) is -2.13. The zero-order valence-corrected chi connectivity index (χ0v) is 15.1. The molecule has 0 saturated carbocycles. The van der Waals surface area contributed by atoms with Crippen molar-refractivity contribution in [2.45, 2.75) is 12.5 Å². The summed E-state index contributed by atoms with van der Waals surface area (Å²) in [6.45, 7) is 1.56. The Bertz CT molecular complexity index is 987. The Kier molecular flexibility index (Phi) is 4.64. The van der Waals surface area contributed by atoms with Gasteiger partial charge in [-0.15, -0.1) is 0 Å². The molecule has 9 heteroatoms. The number of ketones is 1. The molecule has 1 atom stereocenters. The number of nitro groups is 1. The number of carbonyl (C=O) groups excluding carboxylic acids is 2. The highest BCUT2D eigenvalue weighted by atomic mass is 79.9. The van der Waals surface area contributed by atoms with Gasteiger partial charge in [-0.2, -0.15) is 0 Å². The highest BCUT2D eigenvalue weighted by Crippen LogP contribution is 2.43. The Morgan fingerprint density at radius 1 is 1.42 bits per heavy atom. The maximum atomic E-state index is 12.9. The molecule has 2 aromatic rings. The molecule has 1 aliphatic heterocycles. The first-order valence-corrected chi connectivity index (χ1v) is 8.38. The summed E-state index contributed by atoms with van der Waals surface area (Å²) in [5, 5.41) is 12.2. The lowest BCUT2D eigenvalue weighted by Gasteiger charge is -2.23. The maximum absolute atomic E-state index is 12.9. The number of Topliss-reactive ketones (excluding diaryl/α,β-unsaturated/α-hetero) is 1. The number of ether oxygens (including phenoxy) is 1. The van der Waals surface area contributed by atoms with Gasteiger partial charge in [0.1, 0.15) is 0 Å². The van der Waals surface area contributed by atoms with Gasteiger partial charge in [0.05, 0.1) is 22.6 Å². The topological polar surface area (TPSA) is 112 Å². The van der Waals surface area contributed by atoms with E-state index in [1.165, 1.54) is 30.6 Å². The van der Waals surface area contributed by atoms with Crippen molar-refractivity contribution in [3.8, 4) is 0 Å². The van der Waals surface area contributed by atoms with Gasteiger partial charge in [0.25, 0.3) is 11.5 Å². The van der Waals surface area contributed by atoms with Crippen LogP contribution in [0.4, 0.5) is 5.69 Å². The number of fused-ring (bicyclic) bond motifs is 1. The summed E-state index contributed by atoms with van der Waals surface area (Å²) in [6.07, 6.45) is 5.57. The van der Waals surface area contributed by atoms with Gasteiger partial charge in [0, 0.05) is 28.3 Å². The van der Waals surface area contributed by atoms with Crippen LogP contribution in [0.25, 0.3) is 10.9 Å². The van der Waals surface area contributed by atoms with E-state index in [4.69, 9.17) is 4.74 Å². The zero-order valence-electron chi connectivity index (χ0n) is 13.5. The van der Waals surface area contributed by atoms with Crippen LogP contribution in [0.15, 0.2) is 46.0 Å². The van der Waals surface area contributed by atoms with Gasteiger partial charge in [-0.05, 0) is 41.1 Å². The number of hydrogen-bond acceptors (Lipinski definition) is 7. The number of carbonyl (C=O) groups is 2. The van der Waals surface area contributed by atoms with Crippen LogP contribution in [-0.2, 0) is 19.9 Å². The molecule has 0 N–H and O–H groups in total. The van der Waals surface area contributed by atoms with Crippen LogP contribution in [0.5, 0.6) is 0 Å².